The zero-order chi connectivity index (χ0) is 24.5. The van der Waals surface area contributed by atoms with E-state index in [0.717, 1.165) is 29.4 Å². The van der Waals surface area contributed by atoms with Crippen LogP contribution in [-0.4, -0.2) is 38.1 Å². The molecule has 2 heterocycles. The summed E-state index contributed by atoms with van der Waals surface area (Å²) in [6.07, 6.45) is -3.21. The van der Waals surface area contributed by atoms with Gasteiger partial charge in [0, 0.05) is 24.9 Å². The summed E-state index contributed by atoms with van der Waals surface area (Å²) in [6.45, 7) is 5.30. The molecule has 0 N–H and O–H groups in total. The van der Waals surface area contributed by atoms with Gasteiger partial charge in [0.05, 0.1) is 15.8 Å². The summed E-state index contributed by atoms with van der Waals surface area (Å²) in [7, 11) is -3.65. The first-order valence-corrected chi connectivity index (χ1v) is 13.3. The molecule has 1 fully saturated rings. The number of aryl methyl sites for hydroxylation is 1. The summed E-state index contributed by atoms with van der Waals surface area (Å²) in [5.74, 6) is -0.443. The van der Waals surface area contributed by atoms with Crippen LogP contribution in [0, 0.1) is 13.8 Å². The highest BCUT2D eigenvalue weighted by Gasteiger charge is 2.33. The molecule has 1 aromatic heterocycles. The Kier molecular flexibility index (Phi) is 6.91. The van der Waals surface area contributed by atoms with Crippen molar-refractivity contribution in [3.8, 4) is 5.75 Å². The van der Waals surface area contributed by atoms with Crippen LogP contribution in [-0.2, 0) is 16.3 Å². The van der Waals surface area contributed by atoms with E-state index in [1.807, 2.05) is 11.4 Å². The monoisotopic (exact) mass is 510 g/mol. The van der Waals surface area contributed by atoms with E-state index in [-0.39, 0.29) is 4.90 Å². The van der Waals surface area contributed by atoms with Gasteiger partial charge in [0.2, 0.25) is 0 Å². The first-order chi connectivity index (χ1) is 16.0. The minimum absolute atomic E-state index is 0.00512. The van der Waals surface area contributed by atoms with Crippen molar-refractivity contribution < 1.29 is 26.3 Å². The van der Waals surface area contributed by atoms with Crippen LogP contribution in [0.2, 0.25) is 0 Å². The molecule has 1 saturated heterocycles. The lowest BCUT2D eigenvalue weighted by Crippen LogP contribution is -2.39. The lowest BCUT2D eigenvalue weighted by molar-refractivity contribution is -0.274. The van der Waals surface area contributed by atoms with E-state index < -0.39 is 27.2 Å². The standard InChI is InChI=1S/C24H25F3N2O3S2/c1-16-4-3-5-18(17(16)2)14-19-15-33-23(28-19)29-12-10-22(11-13-29)34(30,31)21-8-6-20(7-9-21)32-24(25,26)27/h3-9,15,22H,10-14H2,1-2H3. The predicted molar refractivity (Wildman–Crippen MR) is 126 cm³/mol. The topological polar surface area (TPSA) is 59.5 Å². The molecule has 0 atom stereocenters. The maximum absolute atomic E-state index is 13.0. The van der Waals surface area contributed by atoms with Gasteiger partial charge in [0.1, 0.15) is 5.75 Å². The van der Waals surface area contributed by atoms with E-state index in [4.69, 9.17) is 4.98 Å². The second-order valence-electron chi connectivity index (χ2n) is 8.41. The lowest BCUT2D eigenvalue weighted by atomic mass is 10.0. The van der Waals surface area contributed by atoms with Crippen molar-refractivity contribution >= 4 is 26.3 Å². The zero-order valence-corrected chi connectivity index (χ0v) is 20.4. The van der Waals surface area contributed by atoms with E-state index in [2.05, 4.69) is 35.6 Å². The number of hydrogen-bond acceptors (Lipinski definition) is 6. The number of aromatic nitrogens is 1. The maximum Gasteiger partial charge on any atom is 0.573 e. The summed E-state index contributed by atoms with van der Waals surface area (Å²) in [5, 5.41) is 2.34. The Morgan fingerprint density at radius 3 is 2.41 bits per heavy atom. The van der Waals surface area contributed by atoms with Gasteiger partial charge in [-0.3, -0.25) is 0 Å². The fourth-order valence-corrected chi connectivity index (χ4v) is 6.71. The molecule has 0 saturated carbocycles. The quantitative estimate of drug-likeness (QED) is 0.426. The summed E-state index contributed by atoms with van der Waals surface area (Å²) in [5.41, 5.74) is 4.75. The van der Waals surface area contributed by atoms with E-state index in [9.17, 15) is 21.6 Å². The molecule has 0 spiro atoms. The number of nitrogens with zero attached hydrogens (tertiary/aromatic N) is 2. The van der Waals surface area contributed by atoms with Gasteiger partial charge >= 0.3 is 6.36 Å². The van der Waals surface area contributed by atoms with Crippen LogP contribution in [0.4, 0.5) is 18.3 Å². The van der Waals surface area contributed by atoms with Crippen molar-refractivity contribution in [1.82, 2.24) is 4.98 Å². The van der Waals surface area contributed by atoms with Gasteiger partial charge in [-0.2, -0.15) is 0 Å². The third-order valence-corrected chi connectivity index (χ3v) is 9.39. The lowest BCUT2D eigenvalue weighted by Gasteiger charge is -2.31. The molecule has 10 heteroatoms. The zero-order valence-electron chi connectivity index (χ0n) is 18.8. The Bertz CT molecular complexity index is 1250. The summed E-state index contributed by atoms with van der Waals surface area (Å²) in [6, 6.07) is 10.7. The highest BCUT2D eigenvalue weighted by Crippen LogP contribution is 2.31. The Balaban J connectivity index is 1.38. The average Bonchev–Trinajstić information content (AvgIpc) is 3.25. The number of thiazole rings is 1. The summed E-state index contributed by atoms with van der Waals surface area (Å²) in [4.78, 5) is 6.88. The second-order valence-corrected chi connectivity index (χ2v) is 11.5. The van der Waals surface area contributed by atoms with E-state index >= 15 is 0 Å². The number of ether oxygens (including phenoxy) is 1. The van der Waals surface area contributed by atoms with Gasteiger partial charge in [0.15, 0.2) is 15.0 Å². The molecular weight excluding hydrogens is 485 g/mol. The van der Waals surface area contributed by atoms with Gasteiger partial charge in [-0.1, -0.05) is 18.2 Å². The van der Waals surface area contributed by atoms with E-state index in [0.29, 0.717) is 25.9 Å². The molecule has 0 unspecified atom stereocenters. The number of sulfone groups is 1. The molecular formula is C24H25F3N2O3S2. The van der Waals surface area contributed by atoms with Crippen molar-refractivity contribution in [2.75, 3.05) is 18.0 Å². The predicted octanol–water partition coefficient (Wildman–Crippen LogP) is 5.69. The Hall–Kier alpha value is -2.59. The fourth-order valence-electron chi connectivity index (χ4n) is 4.10. The van der Waals surface area contributed by atoms with Crippen LogP contribution in [0.25, 0.3) is 0 Å². The van der Waals surface area contributed by atoms with Crippen LogP contribution >= 0.6 is 11.3 Å². The molecule has 0 radical (unpaired) electrons. The Labute approximate surface area is 201 Å². The first kappa shape index (κ1) is 24.5. The molecule has 4 rings (SSSR count). The van der Waals surface area contributed by atoms with E-state index in [1.54, 1.807) is 11.3 Å². The maximum atomic E-state index is 13.0. The molecule has 0 amide bonds. The molecule has 0 aliphatic carbocycles. The van der Waals surface area contributed by atoms with Crippen LogP contribution in [0.1, 0.15) is 35.2 Å². The normalized spacial score (nSPS) is 15.5. The molecule has 0 bridgehead atoms. The van der Waals surface area contributed by atoms with Crippen molar-refractivity contribution in [3.05, 3.63) is 70.2 Å². The van der Waals surface area contributed by atoms with Gasteiger partial charge in [-0.05, 0) is 67.6 Å². The minimum atomic E-state index is -4.82. The third-order valence-electron chi connectivity index (χ3n) is 6.17. The Morgan fingerprint density at radius 2 is 1.76 bits per heavy atom. The fraction of sp³-hybridized carbons (Fsp3) is 0.375. The molecule has 182 valence electrons. The van der Waals surface area contributed by atoms with Gasteiger partial charge in [-0.25, -0.2) is 13.4 Å². The van der Waals surface area contributed by atoms with Crippen LogP contribution in [0.15, 0.2) is 52.7 Å². The van der Waals surface area contributed by atoms with Gasteiger partial charge < -0.3 is 9.64 Å². The van der Waals surface area contributed by atoms with Crippen molar-refractivity contribution in [2.24, 2.45) is 0 Å². The van der Waals surface area contributed by atoms with Crippen molar-refractivity contribution in [1.29, 1.82) is 0 Å². The highest BCUT2D eigenvalue weighted by atomic mass is 32.2. The van der Waals surface area contributed by atoms with E-state index in [1.165, 1.54) is 28.8 Å². The Morgan fingerprint density at radius 1 is 1.09 bits per heavy atom. The number of halogens is 3. The number of anilines is 1. The molecule has 3 aromatic rings. The number of alkyl halides is 3. The number of rotatable bonds is 6. The van der Waals surface area contributed by atoms with Crippen LogP contribution in [0.3, 0.4) is 0 Å². The second kappa shape index (κ2) is 9.58. The number of hydrogen-bond donors (Lipinski definition) is 0. The van der Waals surface area contributed by atoms with Gasteiger partial charge in [-0.15, -0.1) is 24.5 Å². The molecule has 2 aromatic carbocycles. The smallest absolute Gasteiger partial charge is 0.406 e. The molecule has 1 aliphatic heterocycles. The number of piperidine rings is 1. The van der Waals surface area contributed by atoms with Crippen molar-refractivity contribution in [3.63, 3.8) is 0 Å². The summed E-state index contributed by atoms with van der Waals surface area (Å²) < 4.78 is 66.8. The van der Waals surface area contributed by atoms with Crippen molar-refractivity contribution in [2.45, 2.75) is 49.6 Å². The largest absolute Gasteiger partial charge is 0.573 e. The first-order valence-electron chi connectivity index (χ1n) is 10.9. The highest BCUT2D eigenvalue weighted by molar-refractivity contribution is 7.92. The van der Waals surface area contributed by atoms with Crippen LogP contribution in [0.5, 0.6) is 5.75 Å². The minimum Gasteiger partial charge on any atom is -0.406 e. The molecule has 5 nitrogen and oxygen atoms in total. The summed E-state index contributed by atoms with van der Waals surface area (Å²) >= 11 is 1.56. The molecule has 34 heavy (non-hydrogen) atoms. The third kappa shape index (κ3) is 5.55. The number of benzene rings is 2. The average molecular weight is 511 g/mol. The molecule has 1 aliphatic rings. The SMILES string of the molecule is Cc1cccc(Cc2csc(N3CCC(S(=O)(=O)c4ccc(OC(F)(F)F)cc4)CC3)n2)c1C. The van der Waals surface area contributed by atoms with Crippen LogP contribution < -0.4 is 9.64 Å². The van der Waals surface area contributed by atoms with Gasteiger partial charge in [0.25, 0.3) is 0 Å².